The molecule has 12 heteroatoms. The molecule has 1 unspecified atom stereocenters. The van der Waals surface area contributed by atoms with Crippen LogP contribution in [-0.4, -0.2) is 73.1 Å². The van der Waals surface area contributed by atoms with E-state index in [4.69, 9.17) is 4.74 Å². The Labute approximate surface area is 249 Å². The van der Waals surface area contributed by atoms with Gasteiger partial charge in [-0.15, -0.1) is 0 Å². The second-order valence-electron chi connectivity index (χ2n) is 10.9. The standard InChI is InChI=1S/C31H32N6O5S/c1-42-25-10-12-26(13-11-25)43(40,41)37-27-14-9-21(17-32)16-28(27)36(31(37)39)29(22-6-3-2-4-7-22)30(38)35-15-5-8-23(20-35)34-24-18-33-19-24/h2-4,6-7,9-14,16,23-24,29,33-34H,5,8,15,18-20H2,1H3/t23-,29?/m0/s1. The van der Waals surface area contributed by atoms with Gasteiger partial charge in [0.2, 0.25) is 0 Å². The Hall–Kier alpha value is -4.44. The fraction of sp³-hybridized carbons (Fsp3) is 0.323. The van der Waals surface area contributed by atoms with Crippen molar-refractivity contribution in [3.63, 3.8) is 0 Å². The summed E-state index contributed by atoms with van der Waals surface area (Å²) in [6.45, 7) is 2.76. The van der Waals surface area contributed by atoms with Gasteiger partial charge in [-0.3, -0.25) is 9.36 Å². The van der Waals surface area contributed by atoms with E-state index in [-0.39, 0.29) is 33.4 Å². The number of nitrogens with zero attached hydrogens (tertiary/aromatic N) is 4. The number of fused-ring (bicyclic) bond motifs is 1. The van der Waals surface area contributed by atoms with Crippen molar-refractivity contribution in [1.82, 2.24) is 24.1 Å². The smallest absolute Gasteiger partial charge is 0.344 e. The van der Waals surface area contributed by atoms with E-state index in [1.165, 1.54) is 54.1 Å². The Balaban J connectivity index is 1.51. The summed E-state index contributed by atoms with van der Waals surface area (Å²) < 4.78 is 35.1. The van der Waals surface area contributed by atoms with Gasteiger partial charge in [0, 0.05) is 38.3 Å². The Morgan fingerprint density at radius 1 is 1.05 bits per heavy atom. The molecule has 2 saturated heterocycles. The lowest BCUT2D eigenvalue weighted by Gasteiger charge is -2.39. The summed E-state index contributed by atoms with van der Waals surface area (Å²) in [5, 5.41) is 16.5. The first kappa shape index (κ1) is 28.7. The number of methoxy groups -OCH3 is 1. The van der Waals surface area contributed by atoms with Crippen molar-refractivity contribution in [2.75, 3.05) is 33.3 Å². The summed E-state index contributed by atoms with van der Waals surface area (Å²) in [6, 6.07) is 20.4. The third-order valence-corrected chi connectivity index (χ3v) is 9.86. The fourth-order valence-electron chi connectivity index (χ4n) is 5.86. The molecule has 2 aliphatic rings. The molecule has 3 heterocycles. The summed E-state index contributed by atoms with van der Waals surface area (Å²) in [7, 11) is -2.93. The zero-order valence-electron chi connectivity index (χ0n) is 23.6. The lowest BCUT2D eigenvalue weighted by atomic mass is 10.00. The lowest BCUT2D eigenvalue weighted by molar-refractivity contribution is -0.135. The van der Waals surface area contributed by atoms with E-state index in [2.05, 4.69) is 16.7 Å². The van der Waals surface area contributed by atoms with Crippen molar-refractivity contribution in [2.24, 2.45) is 0 Å². The van der Waals surface area contributed by atoms with Gasteiger partial charge < -0.3 is 20.3 Å². The summed E-state index contributed by atoms with van der Waals surface area (Å²) >= 11 is 0. The highest BCUT2D eigenvalue weighted by Crippen LogP contribution is 2.29. The number of amides is 1. The molecule has 0 radical (unpaired) electrons. The van der Waals surface area contributed by atoms with Crippen LogP contribution in [0, 0.1) is 11.3 Å². The number of nitriles is 1. The molecule has 222 valence electrons. The van der Waals surface area contributed by atoms with E-state index >= 15 is 0 Å². The highest BCUT2D eigenvalue weighted by molar-refractivity contribution is 7.90. The maximum atomic E-state index is 14.5. The lowest BCUT2D eigenvalue weighted by Crippen LogP contribution is -2.61. The first-order valence-corrected chi connectivity index (χ1v) is 15.6. The molecule has 43 heavy (non-hydrogen) atoms. The van der Waals surface area contributed by atoms with Crippen LogP contribution in [-0.2, 0) is 14.8 Å². The van der Waals surface area contributed by atoms with E-state index < -0.39 is 21.8 Å². The Bertz CT molecular complexity index is 1860. The van der Waals surface area contributed by atoms with Crippen LogP contribution in [0.2, 0.25) is 0 Å². The third-order valence-electron chi connectivity index (χ3n) is 8.15. The Morgan fingerprint density at radius 3 is 2.44 bits per heavy atom. The molecule has 2 fully saturated rings. The van der Waals surface area contributed by atoms with Crippen LogP contribution >= 0.6 is 0 Å². The van der Waals surface area contributed by atoms with Gasteiger partial charge in [0.25, 0.3) is 15.9 Å². The van der Waals surface area contributed by atoms with Gasteiger partial charge in [-0.1, -0.05) is 30.3 Å². The summed E-state index contributed by atoms with van der Waals surface area (Å²) in [5.41, 5.74) is 0.127. The molecule has 1 aromatic heterocycles. The van der Waals surface area contributed by atoms with E-state index in [0.29, 0.717) is 30.4 Å². The molecule has 1 amide bonds. The summed E-state index contributed by atoms with van der Waals surface area (Å²) in [6.07, 6.45) is 1.73. The second kappa shape index (κ2) is 11.7. The first-order valence-electron chi connectivity index (χ1n) is 14.2. The molecule has 0 aliphatic carbocycles. The Morgan fingerprint density at radius 2 is 1.79 bits per heavy atom. The van der Waals surface area contributed by atoms with E-state index in [0.717, 1.165) is 29.9 Å². The van der Waals surface area contributed by atoms with Crippen molar-refractivity contribution >= 4 is 27.0 Å². The van der Waals surface area contributed by atoms with Crippen LogP contribution in [0.3, 0.4) is 0 Å². The Kier molecular flexibility index (Phi) is 7.79. The first-order chi connectivity index (χ1) is 20.8. The number of piperidine rings is 1. The van der Waals surface area contributed by atoms with E-state index in [1.807, 2.05) is 6.07 Å². The molecule has 2 aliphatic heterocycles. The van der Waals surface area contributed by atoms with Gasteiger partial charge in [-0.2, -0.15) is 9.23 Å². The van der Waals surface area contributed by atoms with Crippen LogP contribution in [0.4, 0.5) is 0 Å². The minimum Gasteiger partial charge on any atom is -0.497 e. The number of hydrogen-bond acceptors (Lipinski definition) is 8. The average Bonchev–Trinajstić information content (AvgIpc) is 3.31. The maximum absolute atomic E-state index is 14.5. The van der Waals surface area contributed by atoms with Crippen LogP contribution in [0.1, 0.15) is 30.0 Å². The zero-order valence-corrected chi connectivity index (χ0v) is 24.5. The van der Waals surface area contributed by atoms with Crippen molar-refractivity contribution in [2.45, 2.75) is 35.9 Å². The molecular formula is C31H32N6O5S. The van der Waals surface area contributed by atoms with Gasteiger partial charge in [-0.05, 0) is 60.9 Å². The second-order valence-corrected chi connectivity index (χ2v) is 12.7. The molecule has 0 spiro atoms. The monoisotopic (exact) mass is 600 g/mol. The van der Waals surface area contributed by atoms with Gasteiger partial charge in [-0.25, -0.2) is 13.2 Å². The largest absolute Gasteiger partial charge is 0.497 e. The van der Waals surface area contributed by atoms with E-state index in [9.17, 15) is 23.3 Å². The van der Waals surface area contributed by atoms with Crippen molar-refractivity contribution in [3.05, 3.63) is 94.4 Å². The van der Waals surface area contributed by atoms with Crippen LogP contribution in [0.5, 0.6) is 5.75 Å². The van der Waals surface area contributed by atoms with Crippen molar-refractivity contribution < 1.29 is 17.9 Å². The van der Waals surface area contributed by atoms with Crippen molar-refractivity contribution in [1.29, 1.82) is 5.26 Å². The van der Waals surface area contributed by atoms with Crippen molar-refractivity contribution in [3.8, 4) is 11.8 Å². The summed E-state index contributed by atoms with van der Waals surface area (Å²) in [5.74, 6) is 0.153. The molecule has 0 bridgehead atoms. The molecule has 2 atom stereocenters. The zero-order chi connectivity index (χ0) is 30.1. The summed E-state index contributed by atoms with van der Waals surface area (Å²) in [4.78, 5) is 30.4. The predicted octanol–water partition coefficient (Wildman–Crippen LogP) is 2.06. The molecule has 11 nitrogen and oxygen atoms in total. The van der Waals surface area contributed by atoms with Gasteiger partial charge in [0.1, 0.15) is 11.8 Å². The minimum absolute atomic E-state index is 0.0734. The third kappa shape index (κ3) is 5.31. The number of rotatable bonds is 8. The van der Waals surface area contributed by atoms with Gasteiger partial charge in [0.15, 0.2) is 0 Å². The molecule has 2 N–H and O–H groups in total. The van der Waals surface area contributed by atoms with Gasteiger partial charge in [0.05, 0.1) is 34.7 Å². The average molecular weight is 601 g/mol. The topological polar surface area (TPSA) is 138 Å². The number of nitrogens with one attached hydrogen (secondary N) is 2. The van der Waals surface area contributed by atoms with Crippen LogP contribution in [0.15, 0.2) is 82.5 Å². The number of ether oxygens (including phenoxy) is 1. The number of carbonyl (C=O) groups excluding carboxylic acids is 1. The number of imidazole rings is 1. The number of carbonyl (C=O) groups is 1. The predicted molar refractivity (Wildman–Crippen MR) is 160 cm³/mol. The molecule has 6 rings (SSSR count). The van der Waals surface area contributed by atoms with Gasteiger partial charge >= 0.3 is 5.69 Å². The van der Waals surface area contributed by atoms with Crippen LogP contribution in [0.25, 0.3) is 11.0 Å². The molecule has 0 saturated carbocycles. The van der Waals surface area contributed by atoms with Crippen LogP contribution < -0.4 is 21.1 Å². The number of aromatic nitrogens is 2. The van der Waals surface area contributed by atoms with E-state index in [1.54, 1.807) is 29.2 Å². The number of benzene rings is 3. The quantitative estimate of drug-likeness (QED) is 0.314. The maximum Gasteiger partial charge on any atom is 0.344 e. The molecule has 3 aromatic carbocycles. The minimum atomic E-state index is -4.40. The molecule has 4 aromatic rings. The fourth-order valence-corrected chi connectivity index (χ4v) is 7.26. The number of likely N-dealkylation sites (tertiary alicyclic amines) is 1. The number of hydrogen-bond donors (Lipinski definition) is 2. The normalized spacial score (nSPS) is 18.1. The SMILES string of the molecule is COc1ccc(S(=O)(=O)n2c(=O)n(C(C(=O)N3CCC[C@H](NC4CNC4)C3)c3ccccc3)c3cc(C#N)ccc32)cc1. The molecular weight excluding hydrogens is 568 g/mol. The highest BCUT2D eigenvalue weighted by Gasteiger charge is 2.36. The highest BCUT2D eigenvalue weighted by atomic mass is 32.2.